The average molecular weight is 313 g/mol. The van der Waals surface area contributed by atoms with E-state index < -0.39 is 0 Å². The van der Waals surface area contributed by atoms with E-state index in [9.17, 15) is 9.59 Å². The van der Waals surface area contributed by atoms with Crippen LogP contribution in [0.4, 0.5) is 0 Å². The summed E-state index contributed by atoms with van der Waals surface area (Å²) in [5, 5.41) is 4.18. The van der Waals surface area contributed by atoms with Gasteiger partial charge in [0.1, 0.15) is 11.0 Å². The maximum absolute atomic E-state index is 11.5. The van der Waals surface area contributed by atoms with Crippen LogP contribution in [0.25, 0.3) is 11.0 Å². The molecule has 0 saturated carbocycles. The molecule has 0 aliphatic heterocycles. The standard InChI is InChI=1S/C11H13ClN6O3/c1-6(19)16-17-8(20)3-4-18-9-7(5-13-18)14-11(12)15-10(9)21-2/h5H,3-4H2,1-2H3,(H,16,19)(H,17,20). The number of ether oxygens (including phenoxy) is 1. The molecule has 0 spiro atoms. The van der Waals surface area contributed by atoms with Crippen molar-refractivity contribution in [3.05, 3.63) is 11.5 Å². The Morgan fingerprint density at radius 1 is 1.38 bits per heavy atom. The lowest BCUT2D eigenvalue weighted by Gasteiger charge is -2.07. The number of aryl methyl sites for hydroxylation is 1. The topological polar surface area (TPSA) is 111 Å². The van der Waals surface area contributed by atoms with E-state index in [2.05, 4.69) is 25.9 Å². The van der Waals surface area contributed by atoms with Gasteiger partial charge in [0, 0.05) is 13.3 Å². The number of nitrogens with zero attached hydrogens (tertiary/aromatic N) is 4. The van der Waals surface area contributed by atoms with Crippen LogP contribution < -0.4 is 15.6 Å². The molecule has 2 aromatic rings. The largest absolute Gasteiger partial charge is 0.479 e. The van der Waals surface area contributed by atoms with Crippen LogP contribution in [-0.4, -0.2) is 38.7 Å². The lowest BCUT2D eigenvalue weighted by molar-refractivity contribution is -0.128. The fourth-order valence-corrected chi connectivity index (χ4v) is 1.85. The Morgan fingerprint density at radius 2 is 2.14 bits per heavy atom. The van der Waals surface area contributed by atoms with Gasteiger partial charge in [-0.15, -0.1) is 0 Å². The average Bonchev–Trinajstić information content (AvgIpc) is 2.84. The van der Waals surface area contributed by atoms with E-state index in [1.54, 1.807) is 0 Å². The van der Waals surface area contributed by atoms with Crippen molar-refractivity contribution in [3.63, 3.8) is 0 Å². The second-order valence-electron chi connectivity index (χ2n) is 4.08. The van der Waals surface area contributed by atoms with Gasteiger partial charge in [0.05, 0.1) is 19.9 Å². The van der Waals surface area contributed by atoms with Gasteiger partial charge < -0.3 is 4.74 Å². The number of hydrogen-bond donors (Lipinski definition) is 2. The molecule has 0 aromatic carbocycles. The number of hydrogen-bond acceptors (Lipinski definition) is 6. The molecule has 2 rings (SSSR count). The zero-order valence-electron chi connectivity index (χ0n) is 11.4. The van der Waals surface area contributed by atoms with Crippen LogP contribution in [0.1, 0.15) is 13.3 Å². The van der Waals surface area contributed by atoms with E-state index in [-0.39, 0.29) is 35.9 Å². The Hall–Kier alpha value is -2.42. The smallest absolute Gasteiger partial charge is 0.244 e. The summed E-state index contributed by atoms with van der Waals surface area (Å²) in [6, 6.07) is 0. The van der Waals surface area contributed by atoms with Crippen molar-refractivity contribution in [3.8, 4) is 5.88 Å². The Kier molecular flexibility index (Phi) is 4.53. The minimum absolute atomic E-state index is 0.0577. The molecule has 2 N–H and O–H groups in total. The molecule has 2 amide bonds. The maximum Gasteiger partial charge on any atom is 0.244 e. The van der Waals surface area contributed by atoms with Gasteiger partial charge >= 0.3 is 0 Å². The number of rotatable bonds is 4. The minimum Gasteiger partial charge on any atom is -0.479 e. The molecule has 0 unspecified atom stereocenters. The summed E-state index contributed by atoms with van der Waals surface area (Å²) >= 11 is 5.77. The number of carbonyl (C=O) groups is 2. The van der Waals surface area contributed by atoms with Crippen LogP contribution in [0.5, 0.6) is 5.88 Å². The summed E-state index contributed by atoms with van der Waals surface area (Å²) in [5.41, 5.74) is 5.55. The molecule has 21 heavy (non-hydrogen) atoms. The number of amides is 2. The molecule has 112 valence electrons. The third-order valence-electron chi connectivity index (χ3n) is 2.55. The van der Waals surface area contributed by atoms with Crippen LogP contribution >= 0.6 is 11.6 Å². The zero-order valence-corrected chi connectivity index (χ0v) is 12.1. The van der Waals surface area contributed by atoms with Gasteiger partial charge in [-0.05, 0) is 11.6 Å². The van der Waals surface area contributed by atoms with Crippen molar-refractivity contribution in [2.24, 2.45) is 0 Å². The molecule has 2 aromatic heterocycles. The fourth-order valence-electron chi connectivity index (χ4n) is 1.68. The van der Waals surface area contributed by atoms with Gasteiger partial charge in [-0.1, -0.05) is 0 Å². The van der Waals surface area contributed by atoms with Crippen molar-refractivity contribution < 1.29 is 14.3 Å². The van der Waals surface area contributed by atoms with E-state index in [1.807, 2.05) is 0 Å². The number of fused-ring (bicyclic) bond motifs is 1. The Labute approximate surface area is 124 Å². The van der Waals surface area contributed by atoms with E-state index in [1.165, 1.54) is 24.9 Å². The third kappa shape index (κ3) is 3.57. The summed E-state index contributed by atoms with van der Waals surface area (Å²) in [7, 11) is 1.46. The number of aromatic nitrogens is 4. The zero-order chi connectivity index (χ0) is 15.4. The highest BCUT2D eigenvalue weighted by Gasteiger charge is 2.14. The maximum atomic E-state index is 11.5. The van der Waals surface area contributed by atoms with Gasteiger partial charge in [-0.25, -0.2) is 4.98 Å². The summed E-state index contributed by atoms with van der Waals surface area (Å²) in [5.74, 6) is -0.412. The fraction of sp³-hybridized carbons (Fsp3) is 0.364. The van der Waals surface area contributed by atoms with E-state index >= 15 is 0 Å². The van der Waals surface area contributed by atoms with Crippen LogP contribution in [0.3, 0.4) is 0 Å². The number of nitrogens with one attached hydrogen (secondary N) is 2. The molecule has 0 atom stereocenters. The first-order valence-electron chi connectivity index (χ1n) is 5.99. The van der Waals surface area contributed by atoms with Crippen molar-refractivity contribution in [2.45, 2.75) is 19.9 Å². The summed E-state index contributed by atoms with van der Waals surface area (Å²) in [6.45, 7) is 1.57. The van der Waals surface area contributed by atoms with E-state index in [0.29, 0.717) is 11.0 Å². The monoisotopic (exact) mass is 312 g/mol. The third-order valence-corrected chi connectivity index (χ3v) is 2.72. The predicted octanol–water partition coefficient (Wildman–Crippen LogP) is 0.0457. The Balaban J connectivity index is 2.12. The number of carbonyl (C=O) groups excluding carboxylic acids is 2. The highest BCUT2D eigenvalue weighted by molar-refractivity contribution is 6.28. The van der Waals surface area contributed by atoms with Crippen molar-refractivity contribution in [2.75, 3.05) is 7.11 Å². The molecule has 0 bridgehead atoms. The van der Waals surface area contributed by atoms with Gasteiger partial charge in [-0.2, -0.15) is 10.1 Å². The lowest BCUT2D eigenvalue weighted by Crippen LogP contribution is -2.40. The Morgan fingerprint density at radius 3 is 2.81 bits per heavy atom. The van der Waals surface area contributed by atoms with Crippen molar-refractivity contribution in [1.29, 1.82) is 0 Å². The number of hydrazine groups is 1. The normalized spacial score (nSPS) is 10.4. The minimum atomic E-state index is -0.349. The first-order valence-corrected chi connectivity index (χ1v) is 6.37. The van der Waals surface area contributed by atoms with Gasteiger partial charge in [0.25, 0.3) is 0 Å². The van der Waals surface area contributed by atoms with Crippen molar-refractivity contribution >= 4 is 34.4 Å². The number of halogens is 1. The first kappa shape index (κ1) is 15.0. The molecule has 0 aliphatic rings. The first-order chi connectivity index (χ1) is 10.0. The molecule has 9 nitrogen and oxygen atoms in total. The van der Waals surface area contributed by atoms with Gasteiger partial charge in [0.15, 0.2) is 0 Å². The lowest BCUT2D eigenvalue weighted by atomic mass is 10.4. The van der Waals surface area contributed by atoms with E-state index in [0.717, 1.165) is 0 Å². The molecular weight excluding hydrogens is 300 g/mol. The molecule has 0 aliphatic carbocycles. The second kappa shape index (κ2) is 6.35. The van der Waals surface area contributed by atoms with Gasteiger partial charge in [0.2, 0.25) is 23.0 Å². The quantitative estimate of drug-likeness (QED) is 0.609. The molecule has 0 radical (unpaired) electrons. The molecular formula is C11H13ClN6O3. The van der Waals surface area contributed by atoms with Crippen LogP contribution in [0.15, 0.2) is 6.20 Å². The van der Waals surface area contributed by atoms with E-state index in [4.69, 9.17) is 16.3 Å². The summed E-state index contributed by atoms with van der Waals surface area (Å²) < 4.78 is 6.68. The SMILES string of the molecule is COc1nc(Cl)nc2cnn(CCC(=O)NNC(C)=O)c12. The highest BCUT2D eigenvalue weighted by Crippen LogP contribution is 2.23. The van der Waals surface area contributed by atoms with Crippen LogP contribution in [0, 0.1) is 0 Å². The second-order valence-corrected chi connectivity index (χ2v) is 4.42. The summed E-state index contributed by atoms with van der Waals surface area (Å²) in [6.07, 6.45) is 1.62. The highest BCUT2D eigenvalue weighted by atomic mass is 35.5. The Bertz CT molecular complexity index is 686. The van der Waals surface area contributed by atoms with Crippen LogP contribution in [-0.2, 0) is 16.1 Å². The molecule has 2 heterocycles. The summed E-state index contributed by atoms with van der Waals surface area (Å²) in [4.78, 5) is 30.2. The van der Waals surface area contributed by atoms with Gasteiger partial charge in [-0.3, -0.25) is 25.1 Å². The number of methoxy groups -OCH3 is 1. The molecule has 0 saturated heterocycles. The molecule has 10 heteroatoms. The van der Waals surface area contributed by atoms with Crippen LogP contribution in [0.2, 0.25) is 5.28 Å². The molecule has 0 fully saturated rings. The van der Waals surface area contributed by atoms with Crippen molar-refractivity contribution in [1.82, 2.24) is 30.6 Å². The predicted molar refractivity (Wildman–Crippen MR) is 73.5 cm³/mol.